The Balaban J connectivity index is 1.57. The van der Waals surface area contributed by atoms with Crippen molar-refractivity contribution in [3.05, 3.63) is 53.7 Å². The zero-order valence-corrected chi connectivity index (χ0v) is 15.8. The Kier molecular flexibility index (Phi) is 5.87. The minimum absolute atomic E-state index is 0.139. The monoisotopic (exact) mass is 354 g/mol. The molecule has 1 saturated heterocycles. The molecule has 1 aromatic heterocycles. The fourth-order valence-corrected chi connectivity index (χ4v) is 3.44. The Labute approximate surface area is 155 Å². The molecule has 1 atom stereocenters. The normalized spacial score (nSPS) is 15.5. The van der Waals surface area contributed by atoms with E-state index in [1.807, 2.05) is 19.1 Å². The molecule has 2 heterocycles. The first-order valence-corrected chi connectivity index (χ1v) is 9.38. The quantitative estimate of drug-likeness (QED) is 0.795. The molecule has 0 amide bonds. The third kappa shape index (κ3) is 4.92. The zero-order chi connectivity index (χ0) is 17.6. The van der Waals surface area contributed by atoms with E-state index in [1.165, 1.54) is 43.6 Å². The second-order valence-electron chi connectivity index (χ2n) is 6.68. The predicted molar refractivity (Wildman–Crippen MR) is 109 cm³/mol. The Morgan fingerprint density at radius 1 is 1.12 bits per heavy atom. The number of hydrogen-bond donors (Lipinski definition) is 2. The zero-order valence-electron chi connectivity index (χ0n) is 15.0. The van der Waals surface area contributed by atoms with Crippen molar-refractivity contribution in [3.8, 4) is 0 Å². The van der Waals surface area contributed by atoms with Crippen LogP contribution in [0.1, 0.15) is 43.4 Å². The first-order chi connectivity index (χ1) is 12.1. The number of nitrogens with one attached hydrogen (secondary N) is 2. The Morgan fingerprint density at radius 2 is 1.84 bits per heavy atom. The number of thiocarbonyl (C=S) groups is 1. The second kappa shape index (κ2) is 8.30. The summed E-state index contributed by atoms with van der Waals surface area (Å²) >= 11 is 5.41. The van der Waals surface area contributed by atoms with E-state index in [2.05, 4.69) is 51.7 Å². The molecule has 0 radical (unpaired) electrons. The van der Waals surface area contributed by atoms with E-state index >= 15 is 0 Å². The molecule has 1 aliphatic heterocycles. The highest BCUT2D eigenvalue weighted by Crippen LogP contribution is 2.22. The number of hydrogen-bond acceptors (Lipinski definition) is 3. The molecule has 132 valence electrons. The highest BCUT2D eigenvalue weighted by atomic mass is 32.1. The summed E-state index contributed by atoms with van der Waals surface area (Å²) in [4.78, 5) is 6.75. The standard InChI is InChI=1S/C20H26N4S/c1-15-10-11-21-19(14-15)23-20(25)22-16(2)17-6-8-18(9-7-17)24-12-4-3-5-13-24/h6-11,14,16H,3-5,12-13H2,1-2H3,(H2,21,22,23,25)/t16-/m0/s1. The van der Waals surface area contributed by atoms with E-state index in [0.717, 1.165) is 11.4 Å². The lowest BCUT2D eigenvalue weighted by molar-refractivity contribution is 0.577. The summed E-state index contributed by atoms with van der Waals surface area (Å²) in [5, 5.41) is 7.07. The van der Waals surface area contributed by atoms with Crippen molar-refractivity contribution in [2.75, 3.05) is 23.3 Å². The average molecular weight is 355 g/mol. The van der Waals surface area contributed by atoms with E-state index in [0.29, 0.717) is 5.11 Å². The van der Waals surface area contributed by atoms with Crippen molar-refractivity contribution in [3.63, 3.8) is 0 Å². The fraction of sp³-hybridized carbons (Fsp3) is 0.400. The summed E-state index contributed by atoms with van der Waals surface area (Å²) in [6.07, 6.45) is 5.73. The van der Waals surface area contributed by atoms with Gasteiger partial charge in [0.25, 0.3) is 0 Å². The first kappa shape index (κ1) is 17.7. The maximum absolute atomic E-state index is 5.41. The summed E-state index contributed by atoms with van der Waals surface area (Å²) in [6, 6.07) is 12.9. The van der Waals surface area contributed by atoms with Crippen LogP contribution in [0.5, 0.6) is 0 Å². The molecular formula is C20H26N4S. The van der Waals surface area contributed by atoms with Crippen molar-refractivity contribution >= 4 is 28.8 Å². The van der Waals surface area contributed by atoms with Crippen LogP contribution in [0, 0.1) is 6.92 Å². The van der Waals surface area contributed by atoms with Crippen LogP contribution in [0.25, 0.3) is 0 Å². The van der Waals surface area contributed by atoms with Gasteiger partial charge < -0.3 is 15.5 Å². The third-order valence-electron chi connectivity index (χ3n) is 4.62. The number of pyridine rings is 1. The van der Waals surface area contributed by atoms with Gasteiger partial charge in [0.05, 0.1) is 6.04 Å². The number of aryl methyl sites for hydroxylation is 1. The van der Waals surface area contributed by atoms with Crippen LogP contribution >= 0.6 is 12.2 Å². The molecule has 0 unspecified atom stereocenters. The van der Waals surface area contributed by atoms with E-state index in [4.69, 9.17) is 12.2 Å². The molecule has 1 aromatic carbocycles. The minimum atomic E-state index is 0.139. The number of nitrogens with zero attached hydrogens (tertiary/aromatic N) is 2. The molecule has 2 N–H and O–H groups in total. The number of rotatable bonds is 4. The van der Waals surface area contributed by atoms with E-state index in [1.54, 1.807) is 6.20 Å². The summed E-state index contributed by atoms with van der Waals surface area (Å²) in [5.74, 6) is 0.769. The summed E-state index contributed by atoms with van der Waals surface area (Å²) in [7, 11) is 0. The van der Waals surface area contributed by atoms with Crippen LogP contribution in [0.2, 0.25) is 0 Å². The first-order valence-electron chi connectivity index (χ1n) is 8.97. The molecule has 1 fully saturated rings. The van der Waals surface area contributed by atoms with Gasteiger partial charge in [-0.15, -0.1) is 0 Å². The van der Waals surface area contributed by atoms with Gasteiger partial charge in [0.2, 0.25) is 0 Å². The Hall–Kier alpha value is -2.14. The molecule has 2 aromatic rings. The molecule has 4 nitrogen and oxygen atoms in total. The molecule has 0 spiro atoms. The average Bonchev–Trinajstić information content (AvgIpc) is 2.62. The third-order valence-corrected chi connectivity index (χ3v) is 4.84. The number of anilines is 2. The SMILES string of the molecule is Cc1ccnc(NC(=S)N[C@@H](C)c2ccc(N3CCCCC3)cc2)c1. The highest BCUT2D eigenvalue weighted by Gasteiger charge is 2.12. The fourth-order valence-electron chi connectivity index (χ4n) is 3.16. The van der Waals surface area contributed by atoms with Crippen molar-refractivity contribution < 1.29 is 0 Å². The van der Waals surface area contributed by atoms with Crippen LogP contribution in [-0.4, -0.2) is 23.2 Å². The molecule has 25 heavy (non-hydrogen) atoms. The van der Waals surface area contributed by atoms with Gasteiger partial charge in [-0.3, -0.25) is 0 Å². The lowest BCUT2D eigenvalue weighted by Gasteiger charge is -2.29. The van der Waals surface area contributed by atoms with Gasteiger partial charge in [-0.2, -0.15) is 0 Å². The van der Waals surface area contributed by atoms with Gasteiger partial charge in [-0.25, -0.2) is 4.98 Å². The van der Waals surface area contributed by atoms with E-state index in [9.17, 15) is 0 Å². The maximum Gasteiger partial charge on any atom is 0.172 e. The summed E-state index contributed by atoms with van der Waals surface area (Å²) < 4.78 is 0. The maximum atomic E-state index is 5.41. The number of piperidine rings is 1. The Bertz CT molecular complexity index is 708. The van der Waals surface area contributed by atoms with Gasteiger partial charge in [-0.1, -0.05) is 12.1 Å². The summed E-state index contributed by atoms with van der Waals surface area (Å²) in [5.41, 5.74) is 3.70. The molecule has 3 rings (SSSR count). The molecule has 1 aliphatic rings. The van der Waals surface area contributed by atoms with Crippen LogP contribution < -0.4 is 15.5 Å². The predicted octanol–water partition coefficient (Wildman–Crippen LogP) is 4.43. The number of aromatic nitrogens is 1. The van der Waals surface area contributed by atoms with Crippen LogP contribution in [-0.2, 0) is 0 Å². The lowest BCUT2D eigenvalue weighted by Crippen LogP contribution is -2.31. The molecule has 0 bridgehead atoms. The van der Waals surface area contributed by atoms with Crippen molar-refractivity contribution in [1.29, 1.82) is 0 Å². The van der Waals surface area contributed by atoms with Gasteiger partial charge in [0, 0.05) is 25.0 Å². The van der Waals surface area contributed by atoms with E-state index < -0.39 is 0 Å². The molecule has 5 heteroatoms. The van der Waals surface area contributed by atoms with Crippen LogP contribution in [0.15, 0.2) is 42.6 Å². The highest BCUT2D eigenvalue weighted by molar-refractivity contribution is 7.80. The molecular weight excluding hydrogens is 328 g/mol. The van der Waals surface area contributed by atoms with Crippen LogP contribution in [0.3, 0.4) is 0 Å². The largest absolute Gasteiger partial charge is 0.372 e. The van der Waals surface area contributed by atoms with E-state index in [-0.39, 0.29) is 6.04 Å². The number of benzene rings is 1. The van der Waals surface area contributed by atoms with Crippen molar-refractivity contribution in [2.24, 2.45) is 0 Å². The molecule has 0 saturated carbocycles. The lowest BCUT2D eigenvalue weighted by atomic mass is 10.1. The minimum Gasteiger partial charge on any atom is -0.372 e. The molecule has 0 aliphatic carbocycles. The van der Waals surface area contributed by atoms with Gasteiger partial charge >= 0.3 is 0 Å². The smallest absolute Gasteiger partial charge is 0.172 e. The summed E-state index contributed by atoms with van der Waals surface area (Å²) in [6.45, 7) is 6.50. The van der Waals surface area contributed by atoms with Gasteiger partial charge in [0.15, 0.2) is 5.11 Å². The van der Waals surface area contributed by atoms with Crippen LogP contribution in [0.4, 0.5) is 11.5 Å². The van der Waals surface area contributed by atoms with Gasteiger partial charge in [-0.05, 0) is 80.7 Å². The second-order valence-corrected chi connectivity index (χ2v) is 7.09. The van der Waals surface area contributed by atoms with Crippen molar-refractivity contribution in [2.45, 2.75) is 39.2 Å². The van der Waals surface area contributed by atoms with Gasteiger partial charge in [0.1, 0.15) is 5.82 Å². The topological polar surface area (TPSA) is 40.2 Å². The Morgan fingerprint density at radius 3 is 2.52 bits per heavy atom. The van der Waals surface area contributed by atoms with Crippen molar-refractivity contribution in [1.82, 2.24) is 10.3 Å².